The molecule has 1 aromatic heterocycles. The lowest BCUT2D eigenvalue weighted by Crippen LogP contribution is -2.06. The standard InChI is InChI=1S/C13H15BrN4O/c1-7(2)11-16-12(18-13(15)17-11)8-4-5-10(19-3)9(14)6-8/h4-7H,1-3H3,(H2,15,16,17,18). The van der Waals surface area contributed by atoms with Crippen LogP contribution in [-0.2, 0) is 0 Å². The number of benzene rings is 1. The van der Waals surface area contributed by atoms with Gasteiger partial charge >= 0.3 is 0 Å². The number of hydrogen-bond donors (Lipinski definition) is 1. The number of nitrogens with zero attached hydrogens (tertiary/aromatic N) is 3. The summed E-state index contributed by atoms with van der Waals surface area (Å²) in [7, 11) is 1.62. The lowest BCUT2D eigenvalue weighted by Gasteiger charge is -2.09. The zero-order valence-electron chi connectivity index (χ0n) is 11.0. The first-order valence-electron chi connectivity index (χ1n) is 5.86. The van der Waals surface area contributed by atoms with Crippen LogP contribution in [0, 0.1) is 0 Å². The number of methoxy groups -OCH3 is 1. The van der Waals surface area contributed by atoms with E-state index in [9.17, 15) is 0 Å². The van der Waals surface area contributed by atoms with Gasteiger partial charge in [0.05, 0.1) is 11.6 Å². The van der Waals surface area contributed by atoms with Gasteiger partial charge in [-0.2, -0.15) is 9.97 Å². The van der Waals surface area contributed by atoms with Gasteiger partial charge in [-0.1, -0.05) is 13.8 Å². The van der Waals surface area contributed by atoms with Crippen LogP contribution in [0.15, 0.2) is 22.7 Å². The molecule has 0 radical (unpaired) electrons. The largest absolute Gasteiger partial charge is 0.496 e. The summed E-state index contributed by atoms with van der Waals surface area (Å²) in [6.45, 7) is 4.03. The third-order valence-corrected chi connectivity index (χ3v) is 3.22. The van der Waals surface area contributed by atoms with Crippen LogP contribution in [0.25, 0.3) is 11.4 Å². The molecule has 1 aromatic carbocycles. The van der Waals surface area contributed by atoms with Crippen molar-refractivity contribution in [3.63, 3.8) is 0 Å². The predicted molar refractivity (Wildman–Crippen MR) is 78.0 cm³/mol. The van der Waals surface area contributed by atoms with Gasteiger partial charge in [0, 0.05) is 11.5 Å². The smallest absolute Gasteiger partial charge is 0.223 e. The summed E-state index contributed by atoms with van der Waals surface area (Å²) in [6, 6.07) is 5.65. The molecule has 19 heavy (non-hydrogen) atoms. The van der Waals surface area contributed by atoms with Gasteiger partial charge in [-0.3, -0.25) is 0 Å². The van der Waals surface area contributed by atoms with Crippen LogP contribution in [0.4, 0.5) is 5.95 Å². The normalized spacial score (nSPS) is 10.8. The van der Waals surface area contributed by atoms with Crippen molar-refractivity contribution in [2.24, 2.45) is 0 Å². The summed E-state index contributed by atoms with van der Waals surface area (Å²) in [4.78, 5) is 12.7. The number of anilines is 1. The number of hydrogen-bond acceptors (Lipinski definition) is 5. The highest BCUT2D eigenvalue weighted by Gasteiger charge is 2.11. The van der Waals surface area contributed by atoms with E-state index in [-0.39, 0.29) is 11.9 Å². The minimum absolute atomic E-state index is 0.200. The Morgan fingerprint density at radius 3 is 2.53 bits per heavy atom. The van der Waals surface area contributed by atoms with E-state index in [0.717, 1.165) is 15.8 Å². The van der Waals surface area contributed by atoms with Crippen molar-refractivity contribution in [3.05, 3.63) is 28.5 Å². The Labute approximate surface area is 120 Å². The van der Waals surface area contributed by atoms with Gasteiger partial charge in [-0.25, -0.2) is 4.98 Å². The molecular formula is C13H15BrN4O. The average Bonchev–Trinajstić information content (AvgIpc) is 2.37. The highest BCUT2D eigenvalue weighted by molar-refractivity contribution is 9.10. The molecule has 0 unspecified atom stereocenters. The van der Waals surface area contributed by atoms with Crippen LogP contribution in [-0.4, -0.2) is 22.1 Å². The molecule has 5 nitrogen and oxygen atoms in total. The fraction of sp³-hybridized carbons (Fsp3) is 0.308. The molecule has 2 aromatic rings. The van der Waals surface area contributed by atoms with Crippen molar-refractivity contribution in [1.82, 2.24) is 15.0 Å². The molecule has 0 fully saturated rings. The summed E-state index contributed by atoms with van der Waals surface area (Å²) in [5.74, 6) is 2.45. The first-order chi connectivity index (χ1) is 9.01. The van der Waals surface area contributed by atoms with E-state index in [1.807, 2.05) is 32.0 Å². The van der Waals surface area contributed by atoms with Gasteiger partial charge in [0.25, 0.3) is 0 Å². The minimum atomic E-state index is 0.200. The number of rotatable bonds is 3. The average molecular weight is 323 g/mol. The number of nitrogens with two attached hydrogens (primary N) is 1. The number of aromatic nitrogens is 3. The molecule has 0 aliphatic carbocycles. The summed E-state index contributed by atoms with van der Waals surface area (Å²) >= 11 is 3.44. The fourth-order valence-electron chi connectivity index (χ4n) is 1.60. The van der Waals surface area contributed by atoms with Crippen LogP contribution >= 0.6 is 15.9 Å². The molecule has 1 heterocycles. The fourth-order valence-corrected chi connectivity index (χ4v) is 2.14. The van der Waals surface area contributed by atoms with E-state index < -0.39 is 0 Å². The molecule has 0 aliphatic rings. The Balaban J connectivity index is 2.49. The SMILES string of the molecule is COc1ccc(-c2nc(N)nc(C(C)C)n2)cc1Br. The highest BCUT2D eigenvalue weighted by atomic mass is 79.9. The first kappa shape index (κ1) is 13.7. The van der Waals surface area contributed by atoms with E-state index >= 15 is 0 Å². The monoisotopic (exact) mass is 322 g/mol. The highest BCUT2D eigenvalue weighted by Crippen LogP contribution is 2.29. The van der Waals surface area contributed by atoms with Crippen molar-refractivity contribution < 1.29 is 4.74 Å². The molecule has 0 bridgehead atoms. The van der Waals surface area contributed by atoms with Gasteiger partial charge in [-0.15, -0.1) is 0 Å². The number of halogens is 1. The maximum absolute atomic E-state index is 5.73. The maximum Gasteiger partial charge on any atom is 0.223 e. The van der Waals surface area contributed by atoms with Gasteiger partial charge in [0.2, 0.25) is 5.95 Å². The van der Waals surface area contributed by atoms with Crippen molar-refractivity contribution >= 4 is 21.9 Å². The maximum atomic E-state index is 5.73. The van der Waals surface area contributed by atoms with E-state index in [1.165, 1.54) is 0 Å². The molecule has 0 spiro atoms. The Hall–Kier alpha value is -1.69. The molecule has 100 valence electrons. The Bertz CT molecular complexity index is 601. The van der Waals surface area contributed by atoms with E-state index in [2.05, 4.69) is 30.9 Å². The first-order valence-corrected chi connectivity index (χ1v) is 6.66. The van der Waals surface area contributed by atoms with Crippen molar-refractivity contribution in [3.8, 4) is 17.1 Å². The van der Waals surface area contributed by atoms with E-state index in [0.29, 0.717) is 11.6 Å². The van der Waals surface area contributed by atoms with Crippen molar-refractivity contribution in [2.75, 3.05) is 12.8 Å². The molecule has 2 N–H and O–H groups in total. The molecule has 2 rings (SSSR count). The Kier molecular flexibility index (Phi) is 3.99. The molecule has 0 saturated carbocycles. The van der Waals surface area contributed by atoms with E-state index in [4.69, 9.17) is 10.5 Å². The second-order valence-corrected chi connectivity index (χ2v) is 5.23. The molecular weight excluding hydrogens is 308 g/mol. The third-order valence-electron chi connectivity index (χ3n) is 2.60. The molecule has 0 saturated heterocycles. The summed E-state index contributed by atoms with van der Waals surface area (Å²) in [5.41, 5.74) is 6.59. The van der Waals surface area contributed by atoms with Crippen LogP contribution in [0.1, 0.15) is 25.6 Å². The number of nitrogen functional groups attached to an aromatic ring is 1. The molecule has 0 atom stereocenters. The summed E-state index contributed by atoms with van der Waals surface area (Å²) in [6.07, 6.45) is 0. The lowest BCUT2D eigenvalue weighted by molar-refractivity contribution is 0.412. The Morgan fingerprint density at radius 2 is 1.95 bits per heavy atom. The topological polar surface area (TPSA) is 73.9 Å². The van der Waals surface area contributed by atoms with Crippen LogP contribution in [0.2, 0.25) is 0 Å². The van der Waals surface area contributed by atoms with Gasteiger partial charge in [0.15, 0.2) is 5.82 Å². The quantitative estimate of drug-likeness (QED) is 0.940. The van der Waals surface area contributed by atoms with Crippen molar-refractivity contribution in [2.45, 2.75) is 19.8 Å². The second-order valence-electron chi connectivity index (χ2n) is 4.38. The van der Waals surface area contributed by atoms with Gasteiger partial charge in [-0.05, 0) is 34.1 Å². The zero-order valence-corrected chi connectivity index (χ0v) is 12.6. The van der Waals surface area contributed by atoms with Crippen LogP contribution in [0.3, 0.4) is 0 Å². The summed E-state index contributed by atoms with van der Waals surface area (Å²) < 4.78 is 6.04. The molecule has 0 amide bonds. The number of ether oxygens (including phenoxy) is 1. The Morgan fingerprint density at radius 1 is 1.21 bits per heavy atom. The second kappa shape index (κ2) is 5.52. The minimum Gasteiger partial charge on any atom is -0.496 e. The van der Waals surface area contributed by atoms with E-state index in [1.54, 1.807) is 7.11 Å². The van der Waals surface area contributed by atoms with Crippen LogP contribution in [0.5, 0.6) is 5.75 Å². The molecule has 6 heteroatoms. The van der Waals surface area contributed by atoms with Crippen molar-refractivity contribution in [1.29, 1.82) is 0 Å². The summed E-state index contributed by atoms with van der Waals surface area (Å²) in [5, 5.41) is 0. The third kappa shape index (κ3) is 3.01. The molecule has 0 aliphatic heterocycles. The van der Waals surface area contributed by atoms with Crippen LogP contribution < -0.4 is 10.5 Å². The lowest BCUT2D eigenvalue weighted by atomic mass is 10.2. The van der Waals surface area contributed by atoms with Gasteiger partial charge in [0.1, 0.15) is 11.6 Å². The van der Waals surface area contributed by atoms with Gasteiger partial charge < -0.3 is 10.5 Å². The predicted octanol–water partition coefficient (Wildman–Crippen LogP) is 3.02. The zero-order chi connectivity index (χ0) is 14.0.